The molecule has 12 heteroatoms. The molecule has 0 saturated heterocycles. The van der Waals surface area contributed by atoms with Crippen molar-refractivity contribution in [1.29, 1.82) is 0 Å². The summed E-state index contributed by atoms with van der Waals surface area (Å²) in [6.45, 7) is 1.44. The van der Waals surface area contributed by atoms with E-state index in [1.54, 1.807) is 0 Å². The number of methoxy groups -OCH3 is 1. The molecule has 1 aromatic carbocycles. The number of rotatable bonds is 6. The zero-order valence-corrected chi connectivity index (χ0v) is 13.5. The van der Waals surface area contributed by atoms with Gasteiger partial charge in [-0.3, -0.25) is 14.9 Å². The maximum atomic E-state index is 12.2. The summed E-state index contributed by atoms with van der Waals surface area (Å²) in [5, 5.41) is 17.2. The maximum Gasteiger partial charge on any atom is 0.573 e. The quantitative estimate of drug-likeness (QED) is 0.615. The largest absolute Gasteiger partial charge is 0.573 e. The highest BCUT2D eigenvalue weighted by molar-refractivity contribution is 5.93. The molecule has 9 nitrogen and oxygen atoms in total. The Morgan fingerprint density at radius 2 is 1.96 bits per heavy atom. The molecule has 2 rings (SSSR count). The molecule has 26 heavy (non-hydrogen) atoms. The van der Waals surface area contributed by atoms with Crippen LogP contribution in [0.5, 0.6) is 11.6 Å². The highest BCUT2D eigenvalue weighted by Gasteiger charge is 2.31. The third-order valence-corrected chi connectivity index (χ3v) is 3.20. The van der Waals surface area contributed by atoms with Gasteiger partial charge in [0.25, 0.3) is 0 Å². The van der Waals surface area contributed by atoms with Crippen molar-refractivity contribution in [2.24, 2.45) is 0 Å². The monoisotopic (exact) mass is 374 g/mol. The molecule has 1 amide bonds. The molecule has 1 atom stereocenters. The van der Waals surface area contributed by atoms with Crippen LogP contribution in [-0.2, 0) is 4.79 Å². The first-order chi connectivity index (χ1) is 12.1. The SMILES string of the molecule is COc1nn(C(C)C(=O)Nc2ccc(OC(F)(F)F)cc2)cc1[N+](=O)[O-]. The molecule has 0 fully saturated rings. The smallest absolute Gasteiger partial charge is 0.475 e. The van der Waals surface area contributed by atoms with E-state index in [1.165, 1.54) is 26.2 Å². The van der Waals surface area contributed by atoms with Gasteiger partial charge in [0.1, 0.15) is 18.0 Å². The van der Waals surface area contributed by atoms with Crippen molar-refractivity contribution in [2.45, 2.75) is 19.3 Å². The van der Waals surface area contributed by atoms with Crippen LogP contribution in [0.3, 0.4) is 0 Å². The van der Waals surface area contributed by atoms with Gasteiger partial charge in [-0.2, -0.15) is 0 Å². The van der Waals surface area contributed by atoms with Crippen LogP contribution in [0.25, 0.3) is 0 Å². The summed E-state index contributed by atoms with van der Waals surface area (Å²) in [5.74, 6) is -1.27. The first kappa shape index (κ1) is 19.0. The van der Waals surface area contributed by atoms with Crippen LogP contribution < -0.4 is 14.8 Å². The summed E-state index contributed by atoms with van der Waals surface area (Å²) < 4.78 is 45.9. The van der Waals surface area contributed by atoms with Crippen molar-refractivity contribution >= 4 is 17.3 Å². The average molecular weight is 374 g/mol. The molecule has 0 spiro atoms. The third kappa shape index (κ3) is 4.62. The first-order valence-corrected chi connectivity index (χ1v) is 7.05. The maximum absolute atomic E-state index is 12.2. The molecule has 0 aliphatic heterocycles. The van der Waals surface area contributed by atoms with E-state index in [1.807, 2.05) is 0 Å². The van der Waals surface area contributed by atoms with Gasteiger partial charge in [-0.25, -0.2) is 4.68 Å². The van der Waals surface area contributed by atoms with E-state index < -0.39 is 34.7 Å². The van der Waals surface area contributed by atoms with Crippen molar-refractivity contribution in [3.8, 4) is 11.6 Å². The van der Waals surface area contributed by atoms with Gasteiger partial charge >= 0.3 is 17.9 Å². The van der Waals surface area contributed by atoms with E-state index >= 15 is 0 Å². The van der Waals surface area contributed by atoms with Crippen LogP contribution in [0.1, 0.15) is 13.0 Å². The van der Waals surface area contributed by atoms with Crippen LogP contribution in [0, 0.1) is 10.1 Å². The molecule has 140 valence electrons. The summed E-state index contributed by atoms with van der Waals surface area (Å²) in [6, 6.07) is 3.57. The lowest BCUT2D eigenvalue weighted by atomic mass is 10.2. The van der Waals surface area contributed by atoms with Gasteiger partial charge in [-0.05, 0) is 31.2 Å². The molecule has 1 aromatic heterocycles. The minimum Gasteiger partial charge on any atom is -0.475 e. The van der Waals surface area contributed by atoms with Crippen molar-refractivity contribution in [2.75, 3.05) is 12.4 Å². The van der Waals surface area contributed by atoms with Crippen LogP contribution in [0.15, 0.2) is 30.5 Å². The first-order valence-electron chi connectivity index (χ1n) is 7.05. The van der Waals surface area contributed by atoms with Crippen LogP contribution in [0.4, 0.5) is 24.5 Å². The highest BCUT2D eigenvalue weighted by atomic mass is 19.4. The minimum absolute atomic E-state index is 0.213. The van der Waals surface area contributed by atoms with Gasteiger partial charge in [0.05, 0.1) is 12.0 Å². The summed E-state index contributed by atoms with van der Waals surface area (Å²) in [5.41, 5.74) is -0.189. The number of nitrogens with one attached hydrogen (secondary N) is 1. The Morgan fingerprint density at radius 1 is 1.35 bits per heavy atom. The Balaban J connectivity index is 2.08. The molecule has 0 saturated carbocycles. The Morgan fingerprint density at radius 3 is 2.42 bits per heavy atom. The number of halogens is 3. The number of alkyl halides is 3. The van der Waals surface area contributed by atoms with Crippen LogP contribution in [0.2, 0.25) is 0 Å². The molecule has 1 unspecified atom stereocenters. The number of nitro groups is 1. The van der Waals surface area contributed by atoms with E-state index in [-0.39, 0.29) is 11.6 Å². The van der Waals surface area contributed by atoms with Gasteiger partial charge in [0, 0.05) is 5.69 Å². The number of hydrogen-bond acceptors (Lipinski definition) is 6. The van der Waals surface area contributed by atoms with E-state index in [0.717, 1.165) is 23.0 Å². The standard InChI is InChI=1S/C14H13F3N4O5/c1-8(20-7-11(21(23)24)13(19-20)25-2)12(22)18-9-3-5-10(6-4-9)26-14(15,16)17/h3-8H,1-2H3,(H,18,22). The predicted octanol–water partition coefficient (Wildman–Crippen LogP) is 2.90. The van der Waals surface area contributed by atoms with Gasteiger partial charge < -0.3 is 14.8 Å². The second-order valence-corrected chi connectivity index (χ2v) is 5.00. The molecule has 0 radical (unpaired) electrons. The van der Waals surface area contributed by atoms with Gasteiger partial charge in [0.2, 0.25) is 5.91 Å². The number of carbonyl (C=O) groups excluding carboxylic acids is 1. The predicted molar refractivity (Wildman–Crippen MR) is 81.9 cm³/mol. The Hall–Kier alpha value is -3.31. The van der Waals surface area contributed by atoms with Gasteiger partial charge in [0.15, 0.2) is 0 Å². The van der Waals surface area contributed by atoms with Crippen LogP contribution >= 0.6 is 0 Å². The molecular formula is C14H13F3N4O5. The number of ether oxygens (including phenoxy) is 2. The lowest BCUT2D eigenvalue weighted by Crippen LogP contribution is -2.24. The summed E-state index contributed by atoms with van der Waals surface area (Å²) >= 11 is 0. The molecule has 2 aromatic rings. The number of hydrogen-bond donors (Lipinski definition) is 1. The number of benzene rings is 1. The molecule has 0 bridgehead atoms. The fraction of sp³-hybridized carbons (Fsp3) is 0.286. The molecule has 1 heterocycles. The fourth-order valence-electron chi connectivity index (χ4n) is 1.94. The second-order valence-electron chi connectivity index (χ2n) is 5.00. The topological polar surface area (TPSA) is 109 Å². The normalized spacial score (nSPS) is 12.3. The summed E-state index contributed by atoms with van der Waals surface area (Å²) in [4.78, 5) is 22.4. The second kappa shape index (κ2) is 7.29. The van der Waals surface area contributed by atoms with E-state index in [2.05, 4.69) is 15.2 Å². The number of amides is 1. The fourth-order valence-corrected chi connectivity index (χ4v) is 1.94. The van der Waals surface area contributed by atoms with E-state index in [0.29, 0.717) is 0 Å². The Bertz CT molecular complexity index is 804. The molecule has 0 aliphatic rings. The number of anilines is 1. The average Bonchev–Trinajstić information content (AvgIpc) is 2.99. The van der Waals surface area contributed by atoms with E-state index in [4.69, 9.17) is 4.74 Å². The van der Waals surface area contributed by atoms with Crippen molar-refractivity contribution in [1.82, 2.24) is 9.78 Å². The lowest BCUT2D eigenvalue weighted by Gasteiger charge is -2.13. The zero-order valence-electron chi connectivity index (χ0n) is 13.5. The zero-order chi connectivity index (χ0) is 19.5. The molecule has 1 N–H and O–H groups in total. The lowest BCUT2D eigenvalue weighted by molar-refractivity contribution is -0.385. The third-order valence-electron chi connectivity index (χ3n) is 3.20. The number of aromatic nitrogens is 2. The van der Waals surface area contributed by atoms with Crippen LogP contribution in [-0.4, -0.2) is 34.1 Å². The minimum atomic E-state index is -4.81. The molecular weight excluding hydrogens is 361 g/mol. The molecule has 0 aliphatic carbocycles. The van der Waals surface area contributed by atoms with Crippen molar-refractivity contribution in [3.05, 3.63) is 40.6 Å². The summed E-state index contributed by atoms with van der Waals surface area (Å²) in [6.07, 6.45) is -3.77. The summed E-state index contributed by atoms with van der Waals surface area (Å²) in [7, 11) is 1.20. The van der Waals surface area contributed by atoms with Crippen molar-refractivity contribution < 1.29 is 32.4 Å². The van der Waals surface area contributed by atoms with E-state index in [9.17, 15) is 28.1 Å². The Kier molecular flexibility index (Phi) is 5.33. The Labute approximate surface area is 144 Å². The highest BCUT2D eigenvalue weighted by Crippen LogP contribution is 2.27. The van der Waals surface area contributed by atoms with Gasteiger partial charge in [-0.15, -0.1) is 18.3 Å². The van der Waals surface area contributed by atoms with Gasteiger partial charge in [-0.1, -0.05) is 0 Å². The number of carbonyl (C=O) groups is 1. The number of nitrogens with zero attached hydrogens (tertiary/aromatic N) is 3. The van der Waals surface area contributed by atoms with Crippen molar-refractivity contribution in [3.63, 3.8) is 0 Å².